The van der Waals surface area contributed by atoms with E-state index in [4.69, 9.17) is 0 Å². The monoisotopic (exact) mass is 418 g/mol. The SMILES string of the molecule is CCCCCn1nc(C(=O)N2CCN(C)CC2c2ccccc2)c2ccccc2c1=O. The van der Waals surface area contributed by atoms with Gasteiger partial charge in [-0.15, -0.1) is 0 Å². The van der Waals surface area contributed by atoms with E-state index in [1.807, 2.05) is 41.3 Å². The third-order valence-corrected chi connectivity index (χ3v) is 6.07. The minimum absolute atomic E-state index is 0.0477. The number of amides is 1. The molecule has 1 atom stereocenters. The number of likely N-dealkylation sites (N-methyl/N-ethyl adjacent to an activating group) is 1. The molecule has 1 aromatic heterocycles. The molecular formula is C25H30N4O2. The van der Waals surface area contributed by atoms with Gasteiger partial charge in [-0.25, -0.2) is 4.68 Å². The van der Waals surface area contributed by atoms with Gasteiger partial charge in [0.25, 0.3) is 11.5 Å². The molecule has 0 aliphatic carbocycles. The molecule has 1 saturated heterocycles. The van der Waals surface area contributed by atoms with Crippen LogP contribution in [0.1, 0.15) is 48.3 Å². The summed E-state index contributed by atoms with van der Waals surface area (Å²) in [5.74, 6) is -0.109. The summed E-state index contributed by atoms with van der Waals surface area (Å²) in [5, 5.41) is 5.79. The fourth-order valence-electron chi connectivity index (χ4n) is 4.32. The molecule has 4 rings (SSSR count). The quantitative estimate of drug-likeness (QED) is 0.573. The predicted molar refractivity (Wildman–Crippen MR) is 123 cm³/mol. The number of hydrogen-bond acceptors (Lipinski definition) is 4. The Labute approximate surface area is 183 Å². The third-order valence-electron chi connectivity index (χ3n) is 6.07. The lowest BCUT2D eigenvalue weighted by atomic mass is 10.0. The molecule has 6 heteroatoms. The second-order valence-electron chi connectivity index (χ2n) is 8.32. The Morgan fingerprint density at radius 1 is 1.00 bits per heavy atom. The van der Waals surface area contributed by atoms with Gasteiger partial charge < -0.3 is 9.80 Å². The Hall–Kier alpha value is -2.99. The van der Waals surface area contributed by atoms with E-state index in [2.05, 4.69) is 36.1 Å². The van der Waals surface area contributed by atoms with Crippen LogP contribution < -0.4 is 5.56 Å². The summed E-state index contributed by atoms with van der Waals surface area (Å²) in [6.45, 7) is 4.86. The number of benzene rings is 2. The summed E-state index contributed by atoms with van der Waals surface area (Å²) in [6.07, 6.45) is 2.96. The smallest absolute Gasteiger partial charge is 0.275 e. The first-order valence-corrected chi connectivity index (χ1v) is 11.1. The normalized spacial score (nSPS) is 17.2. The Kier molecular flexibility index (Phi) is 6.47. The van der Waals surface area contributed by atoms with E-state index in [1.54, 1.807) is 6.07 Å². The van der Waals surface area contributed by atoms with E-state index in [-0.39, 0.29) is 17.5 Å². The van der Waals surface area contributed by atoms with Crippen LogP contribution in [0.25, 0.3) is 10.8 Å². The van der Waals surface area contributed by atoms with Gasteiger partial charge in [-0.05, 0) is 25.1 Å². The highest BCUT2D eigenvalue weighted by Crippen LogP contribution is 2.27. The molecule has 1 fully saturated rings. The number of carbonyl (C=O) groups is 1. The van der Waals surface area contributed by atoms with Crippen LogP contribution in [0, 0.1) is 0 Å². The number of unbranched alkanes of at least 4 members (excludes halogenated alkanes) is 2. The zero-order valence-corrected chi connectivity index (χ0v) is 18.3. The molecule has 3 aromatic rings. The minimum Gasteiger partial charge on any atom is -0.328 e. The highest BCUT2D eigenvalue weighted by Gasteiger charge is 2.32. The Morgan fingerprint density at radius 2 is 1.71 bits per heavy atom. The number of hydrogen-bond donors (Lipinski definition) is 0. The van der Waals surface area contributed by atoms with Crippen molar-refractivity contribution in [2.24, 2.45) is 0 Å². The summed E-state index contributed by atoms with van der Waals surface area (Å²) in [7, 11) is 2.08. The number of rotatable bonds is 6. The maximum absolute atomic E-state index is 13.8. The standard InChI is InChI=1S/C25H30N4O2/c1-3-4-10-15-29-24(30)21-14-9-8-13-20(21)23(26-29)25(31)28-17-16-27(2)18-22(28)19-11-6-5-7-12-19/h5-9,11-14,22H,3-4,10,15-18H2,1-2H3. The Balaban J connectivity index is 1.76. The van der Waals surface area contributed by atoms with Crippen LogP contribution in [0.4, 0.5) is 0 Å². The van der Waals surface area contributed by atoms with Crippen LogP contribution in [0.5, 0.6) is 0 Å². The largest absolute Gasteiger partial charge is 0.328 e. The van der Waals surface area contributed by atoms with Gasteiger partial charge in [0.2, 0.25) is 0 Å². The highest BCUT2D eigenvalue weighted by atomic mass is 16.2. The van der Waals surface area contributed by atoms with Crippen molar-refractivity contribution in [1.29, 1.82) is 0 Å². The van der Waals surface area contributed by atoms with Crippen LogP contribution in [-0.2, 0) is 6.54 Å². The average molecular weight is 419 g/mol. The fourth-order valence-corrected chi connectivity index (χ4v) is 4.32. The fraction of sp³-hybridized carbons (Fsp3) is 0.400. The number of nitrogens with zero attached hydrogens (tertiary/aromatic N) is 4. The molecule has 1 aliphatic heterocycles. The third kappa shape index (κ3) is 4.39. The van der Waals surface area contributed by atoms with E-state index in [0.717, 1.165) is 37.9 Å². The van der Waals surface area contributed by atoms with Crippen molar-refractivity contribution in [3.05, 3.63) is 76.2 Å². The van der Waals surface area contributed by atoms with Crippen LogP contribution in [0.3, 0.4) is 0 Å². The van der Waals surface area contributed by atoms with Crippen molar-refractivity contribution in [1.82, 2.24) is 19.6 Å². The average Bonchev–Trinajstić information content (AvgIpc) is 2.81. The first-order chi connectivity index (χ1) is 15.1. The molecule has 2 aromatic carbocycles. The van der Waals surface area contributed by atoms with Gasteiger partial charge in [0.1, 0.15) is 0 Å². The summed E-state index contributed by atoms with van der Waals surface area (Å²) < 4.78 is 1.48. The lowest BCUT2D eigenvalue weighted by molar-refractivity contribution is 0.0492. The predicted octanol–water partition coefficient (Wildman–Crippen LogP) is 3.72. The van der Waals surface area contributed by atoms with Gasteiger partial charge in [0, 0.05) is 31.6 Å². The molecule has 0 radical (unpaired) electrons. The van der Waals surface area contributed by atoms with Crippen LogP contribution >= 0.6 is 0 Å². The van der Waals surface area contributed by atoms with Crippen molar-refractivity contribution >= 4 is 16.7 Å². The second kappa shape index (κ2) is 9.43. The number of fused-ring (bicyclic) bond motifs is 1. The molecule has 31 heavy (non-hydrogen) atoms. The van der Waals surface area contributed by atoms with Crippen LogP contribution in [0.15, 0.2) is 59.4 Å². The van der Waals surface area contributed by atoms with Crippen molar-refractivity contribution in [2.75, 3.05) is 26.7 Å². The number of aryl methyl sites for hydroxylation is 1. The molecule has 162 valence electrons. The summed E-state index contributed by atoms with van der Waals surface area (Å²) in [6, 6.07) is 17.4. The van der Waals surface area contributed by atoms with Gasteiger partial charge in [-0.2, -0.15) is 5.10 Å². The summed E-state index contributed by atoms with van der Waals surface area (Å²) in [4.78, 5) is 31.0. The van der Waals surface area contributed by atoms with Crippen molar-refractivity contribution in [3.63, 3.8) is 0 Å². The Bertz CT molecular complexity index is 1110. The molecular weight excluding hydrogens is 388 g/mol. The second-order valence-corrected chi connectivity index (χ2v) is 8.32. The maximum atomic E-state index is 13.8. The summed E-state index contributed by atoms with van der Waals surface area (Å²) >= 11 is 0. The molecule has 1 aliphatic rings. The van der Waals surface area contributed by atoms with Gasteiger partial charge in [-0.3, -0.25) is 9.59 Å². The number of aromatic nitrogens is 2. The molecule has 0 spiro atoms. The van der Waals surface area contributed by atoms with Crippen molar-refractivity contribution in [2.45, 2.75) is 38.8 Å². The minimum atomic E-state index is -0.124. The molecule has 1 amide bonds. The molecule has 1 unspecified atom stereocenters. The lowest BCUT2D eigenvalue weighted by Gasteiger charge is -2.40. The van der Waals surface area contributed by atoms with E-state index < -0.39 is 0 Å². The maximum Gasteiger partial charge on any atom is 0.275 e. The van der Waals surface area contributed by atoms with Gasteiger partial charge in [0.15, 0.2) is 5.69 Å². The molecule has 6 nitrogen and oxygen atoms in total. The first kappa shape index (κ1) is 21.2. The number of piperazine rings is 1. The lowest BCUT2D eigenvalue weighted by Crippen LogP contribution is -2.49. The van der Waals surface area contributed by atoms with Crippen molar-refractivity contribution in [3.8, 4) is 0 Å². The van der Waals surface area contributed by atoms with E-state index in [9.17, 15) is 9.59 Å². The van der Waals surface area contributed by atoms with Crippen molar-refractivity contribution < 1.29 is 4.79 Å². The van der Waals surface area contributed by atoms with Crippen LogP contribution in [-0.4, -0.2) is 52.2 Å². The first-order valence-electron chi connectivity index (χ1n) is 11.1. The zero-order valence-electron chi connectivity index (χ0n) is 18.3. The zero-order chi connectivity index (χ0) is 21.8. The van der Waals surface area contributed by atoms with Gasteiger partial charge in [0.05, 0.1) is 11.4 Å². The van der Waals surface area contributed by atoms with Crippen LogP contribution in [0.2, 0.25) is 0 Å². The highest BCUT2D eigenvalue weighted by molar-refractivity contribution is 6.05. The molecule has 0 N–H and O–H groups in total. The molecule has 2 heterocycles. The van der Waals surface area contributed by atoms with E-state index >= 15 is 0 Å². The molecule has 0 bridgehead atoms. The van der Waals surface area contributed by atoms with E-state index in [0.29, 0.717) is 29.6 Å². The van der Waals surface area contributed by atoms with Gasteiger partial charge in [-0.1, -0.05) is 68.3 Å². The topological polar surface area (TPSA) is 58.4 Å². The van der Waals surface area contributed by atoms with E-state index in [1.165, 1.54) is 4.68 Å². The molecule has 0 saturated carbocycles. The number of carbonyl (C=O) groups excluding carboxylic acids is 1. The summed E-state index contributed by atoms with van der Waals surface area (Å²) in [5.41, 5.74) is 1.36. The van der Waals surface area contributed by atoms with Gasteiger partial charge >= 0.3 is 0 Å². The Morgan fingerprint density at radius 3 is 2.45 bits per heavy atom.